The van der Waals surface area contributed by atoms with Crippen LogP contribution in [0.2, 0.25) is 0 Å². The third-order valence-electron chi connectivity index (χ3n) is 4.78. The largest absolute Gasteiger partial charge is 0.392 e. The Morgan fingerprint density at radius 2 is 1.96 bits per heavy atom. The van der Waals surface area contributed by atoms with Gasteiger partial charge in [0, 0.05) is 25.6 Å². The van der Waals surface area contributed by atoms with Gasteiger partial charge in [-0.3, -0.25) is 0 Å². The fourth-order valence-electron chi connectivity index (χ4n) is 3.44. The molecule has 1 aliphatic carbocycles. The van der Waals surface area contributed by atoms with Gasteiger partial charge in [-0.2, -0.15) is 13.2 Å². The van der Waals surface area contributed by atoms with Crippen LogP contribution in [-0.4, -0.2) is 56.0 Å². The van der Waals surface area contributed by atoms with Gasteiger partial charge in [0.25, 0.3) is 0 Å². The van der Waals surface area contributed by atoms with Crippen LogP contribution in [0.25, 0.3) is 0 Å². The van der Waals surface area contributed by atoms with Crippen LogP contribution in [0.5, 0.6) is 0 Å². The van der Waals surface area contributed by atoms with Gasteiger partial charge < -0.3 is 20.7 Å². The monoisotopic (exact) mass is 337 g/mol. The van der Waals surface area contributed by atoms with Gasteiger partial charge in [-0.15, -0.1) is 0 Å². The predicted octanol–water partition coefficient (Wildman–Crippen LogP) is 2.11. The molecule has 2 rings (SSSR count). The number of rotatable bonds is 5. The SMILES string of the molecule is NCC1CN(C(=O)NCCOC2CCCC2)CCC1C(F)(F)F. The quantitative estimate of drug-likeness (QED) is 0.755. The zero-order chi connectivity index (χ0) is 16.9. The van der Waals surface area contributed by atoms with E-state index in [0.29, 0.717) is 13.2 Å². The Morgan fingerprint density at radius 3 is 2.57 bits per heavy atom. The summed E-state index contributed by atoms with van der Waals surface area (Å²) in [6.45, 7) is 0.905. The zero-order valence-corrected chi connectivity index (χ0v) is 13.3. The van der Waals surface area contributed by atoms with Gasteiger partial charge in [0.2, 0.25) is 0 Å². The molecule has 5 nitrogen and oxygen atoms in total. The molecule has 1 aliphatic heterocycles. The third-order valence-corrected chi connectivity index (χ3v) is 4.78. The lowest BCUT2D eigenvalue weighted by molar-refractivity contribution is -0.197. The average Bonchev–Trinajstić information content (AvgIpc) is 3.03. The van der Waals surface area contributed by atoms with Gasteiger partial charge in [-0.1, -0.05) is 12.8 Å². The number of urea groups is 1. The molecule has 3 N–H and O–H groups in total. The Labute approximate surface area is 134 Å². The number of nitrogens with two attached hydrogens (primary N) is 1. The molecule has 0 radical (unpaired) electrons. The summed E-state index contributed by atoms with van der Waals surface area (Å²) in [5.41, 5.74) is 5.47. The van der Waals surface area contributed by atoms with Crippen LogP contribution in [0.1, 0.15) is 32.1 Å². The van der Waals surface area contributed by atoms with Crippen LogP contribution >= 0.6 is 0 Å². The summed E-state index contributed by atoms with van der Waals surface area (Å²) in [4.78, 5) is 13.5. The van der Waals surface area contributed by atoms with Crippen molar-refractivity contribution in [3.05, 3.63) is 0 Å². The van der Waals surface area contributed by atoms with Crippen LogP contribution in [0.15, 0.2) is 0 Å². The molecule has 2 unspecified atom stereocenters. The minimum Gasteiger partial charge on any atom is -0.376 e. The molecule has 2 atom stereocenters. The molecule has 1 saturated heterocycles. The highest BCUT2D eigenvalue weighted by Gasteiger charge is 2.47. The molecule has 1 heterocycles. The van der Waals surface area contributed by atoms with E-state index in [9.17, 15) is 18.0 Å². The number of nitrogens with one attached hydrogen (secondary N) is 1. The van der Waals surface area contributed by atoms with Crippen molar-refractivity contribution in [2.24, 2.45) is 17.6 Å². The molecule has 0 aromatic heterocycles. The van der Waals surface area contributed by atoms with Crippen molar-refractivity contribution in [1.82, 2.24) is 10.2 Å². The van der Waals surface area contributed by atoms with Crippen molar-refractivity contribution in [1.29, 1.82) is 0 Å². The van der Waals surface area contributed by atoms with Gasteiger partial charge in [0.15, 0.2) is 0 Å². The maximum atomic E-state index is 12.9. The van der Waals surface area contributed by atoms with Crippen molar-refractivity contribution in [2.75, 3.05) is 32.8 Å². The number of likely N-dealkylation sites (tertiary alicyclic amines) is 1. The second kappa shape index (κ2) is 8.19. The molecule has 0 spiro atoms. The minimum absolute atomic E-state index is 0.0516. The Hall–Kier alpha value is -1.02. The smallest absolute Gasteiger partial charge is 0.376 e. The average molecular weight is 337 g/mol. The molecule has 2 amide bonds. The number of hydrogen-bond acceptors (Lipinski definition) is 3. The lowest BCUT2D eigenvalue weighted by Crippen LogP contribution is -2.53. The summed E-state index contributed by atoms with van der Waals surface area (Å²) in [7, 11) is 0. The van der Waals surface area contributed by atoms with Gasteiger partial charge in [0.05, 0.1) is 18.6 Å². The molecule has 23 heavy (non-hydrogen) atoms. The number of ether oxygens (including phenoxy) is 1. The molecular weight excluding hydrogens is 311 g/mol. The number of piperidine rings is 1. The van der Waals surface area contributed by atoms with Crippen LogP contribution < -0.4 is 11.1 Å². The number of carbonyl (C=O) groups excluding carboxylic acids is 1. The summed E-state index contributed by atoms with van der Waals surface area (Å²) in [6, 6.07) is -0.334. The highest BCUT2D eigenvalue weighted by molar-refractivity contribution is 5.74. The molecule has 0 bridgehead atoms. The fraction of sp³-hybridized carbons (Fsp3) is 0.933. The summed E-state index contributed by atoms with van der Waals surface area (Å²) < 4.78 is 44.4. The molecule has 2 fully saturated rings. The molecule has 134 valence electrons. The number of halogens is 3. The van der Waals surface area contributed by atoms with Crippen molar-refractivity contribution in [3.63, 3.8) is 0 Å². The normalized spacial score (nSPS) is 26.5. The van der Waals surface area contributed by atoms with E-state index < -0.39 is 18.0 Å². The predicted molar refractivity (Wildman–Crippen MR) is 79.9 cm³/mol. The molecule has 2 aliphatic rings. The fourth-order valence-corrected chi connectivity index (χ4v) is 3.44. The summed E-state index contributed by atoms with van der Waals surface area (Å²) in [5, 5.41) is 2.71. The van der Waals surface area contributed by atoms with Crippen molar-refractivity contribution in [3.8, 4) is 0 Å². The topological polar surface area (TPSA) is 67.6 Å². The highest BCUT2D eigenvalue weighted by Crippen LogP contribution is 2.37. The van der Waals surface area contributed by atoms with Gasteiger partial charge in [-0.05, 0) is 25.8 Å². The van der Waals surface area contributed by atoms with Gasteiger partial charge >= 0.3 is 12.2 Å². The Kier molecular flexibility index (Phi) is 6.52. The number of carbonyl (C=O) groups is 1. The number of amides is 2. The first kappa shape index (κ1) is 18.3. The number of hydrogen-bond donors (Lipinski definition) is 2. The first-order chi connectivity index (χ1) is 10.9. The second-order valence-corrected chi connectivity index (χ2v) is 6.39. The van der Waals surface area contributed by atoms with E-state index in [0.717, 1.165) is 12.8 Å². The first-order valence-corrected chi connectivity index (χ1v) is 8.33. The Balaban J connectivity index is 1.70. The van der Waals surface area contributed by atoms with Crippen LogP contribution in [-0.2, 0) is 4.74 Å². The van der Waals surface area contributed by atoms with E-state index in [2.05, 4.69) is 5.32 Å². The second-order valence-electron chi connectivity index (χ2n) is 6.39. The van der Waals surface area contributed by atoms with Gasteiger partial charge in [0.1, 0.15) is 0 Å². The standard InChI is InChI=1S/C15H26F3N3O2/c16-15(17,18)13-5-7-21(10-11(13)9-19)14(22)20-6-8-23-12-3-1-2-4-12/h11-13H,1-10,19H2,(H,20,22). The summed E-state index contributed by atoms with van der Waals surface area (Å²) in [5.74, 6) is -2.15. The van der Waals surface area contributed by atoms with E-state index >= 15 is 0 Å². The van der Waals surface area contributed by atoms with Crippen LogP contribution in [0, 0.1) is 11.8 Å². The maximum absolute atomic E-state index is 12.9. The third kappa shape index (κ3) is 5.24. The zero-order valence-electron chi connectivity index (χ0n) is 13.3. The van der Waals surface area contributed by atoms with E-state index in [1.54, 1.807) is 0 Å². The minimum atomic E-state index is -4.25. The van der Waals surface area contributed by atoms with E-state index in [-0.39, 0.29) is 38.2 Å². The van der Waals surface area contributed by atoms with Crippen molar-refractivity contribution in [2.45, 2.75) is 44.4 Å². The number of nitrogens with zero attached hydrogens (tertiary/aromatic N) is 1. The Morgan fingerprint density at radius 1 is 1.26 bits per heavy atom. The van der Waals surface area contributed by atoms with Gasteiger partial charge in [-0.25, -0.2) is 4.79 Å². The van der Waals surface area contributed by atoms with E-state index in [1.165, 1.54) is 17.7 Å². The van der Waals surface area contributed by atoms with Crippen LogP contribution in [0.3, 0.4) is 0 Å². The number of alkyl halides is 3. The Bertz CT molecular complexity index is 387. The van der Waals surface area contributed by atoms with E-state index in [1.807, 2.05) is 0 Å². The highest BCUT2D eigenvalue weighted by atomic mass is 19.4. The summed E-state index contributed by atoms with van der Waals surface area (Å²) >= 11 is 0. The summed E-state index contributed by atoms with van der Waals surface area (Å²) in [6.07, 6.45) is 0.459. The first-order valence-electron chi connectivity index (χ1n) is 8.33. The van der Waals surface area contributed by atoms with Crippen molar-refractivity contribution < 1.29 is 22.7 Å². The molecule has 0 aromatic rings. The molecule has 1 saturated carbocycles. The molecule has 0 aromatic carbocycles. The maximum Gasteiger partial charge on any atom is 0.392 e. The van der Waals surface area contributed by atoms with E-state index in [4.69, 9.17) is 10.5 Å². The van der Waals surface area contributed by atoms with Crippen LogP contribution in [0.4, 0.5) is 18.0 Å². The lowest BCUT2D eigenvalue weighted by atomic mass is 9.85. The van der Waals surface area contributed by atoms with Crippen molar-refractivity contribution >= 4 is 6.03 Å². The lowest BCUT2D eigenvalue weighted by Gasteiger charge is -2.38. The molecular formula is C15H26F3N3O2. The molecule has 8 heteroatoms.